The number of esters is 1. The van der Waals surface area contributed by atoms with Crippen molar-refractivity contribution < 1.29 is 23.0 Å². The Kier molecular flexibility index (Phi) is 5.52. The predicted molar refractivity (Wildman–Crippen MR) is 95.2 cm³/mol. The predicted octanol–water partition coefficient (Wildman–Crippen LogP) is 2.82. The molecule has 1 unspecified atom stereocenters. The van der Waals surface area contributed by atoms with E-state index in [1.807, 2.05) is 4.90 Å². The van der Waals surface area contributed by atoms with Gasteiger partial charge in [-0.1, -0.05) is 6.07 Å². The lowest BCUT2D eigenvalue weighted by molar-refractivity contribution is -0.140. The molecule has 1 atom stereocenters. The van der Waals surface area contributed by atoms with Gasteiger partial charge >= 0.3 is 5.97 Å². The van der Waals surface area contributed by atoms with Crippen LogP contribution < -0.4 is 5.32 Å². The van der Waals surface area contributed by atoms with Crippen molar-refractivity contribution in [1.29, 1.82) is 0 Å². The smallest absolute Gasteiger partial charge is 0.338 e. The maximum absolute atomic E-state index is 14.4. The molecule has 1 aliphatic heterocycles. The van der Waals surface area contributed by atoms with Gasteiger partial charge in [-0.25, -0.2) is 13.6 Å². The van der Waals surface area contributed by atoms with Gasteiger partial charge in [-0.3, -0.25) is 0 Å². The normalized spacial score (nSPS) is 20.2. The number of hydrogen-bond acceptors (Lipinski definition) is 4. The first-order valence-electron chi connectivity index (χ1n) is 8.36. The lowest BCUT2D eigenvalue weighted by Gasteiger charge is -2.37. The summed E-state index contributed by atoms with van der Waals surface area (Å²) in [6, 6.07) is 2.73. The van der Waals surface area contributed by atoms with E-state index < -0.39 is 23.6 Å². The Morgan fingerprint density at radius 2 is 1.96 bits per heavy atom. The van der Waals surface area contributed by atoms with Gasteiger partial charge < -0.3 is 19.7 Å². The van der Waals surface area contributed by atoms with Crippen molar-refractivity contribution in [2.45, 2.75) is 31.8 Å². The molecule has 1 N–H and O–H groups in total. The first kappa shape index (κ1) is 18.7. The van der Waals surface area contributed by atoms with Crippen LogP contribution in [0.2, 0.25) is 0 Å². The molecule has 0 bridgehead atoms. The number of rotatable bonds is 6. The lowest BCUT2D eigenvalue weighted by atomic mass is 9.94. The van der Waals surface area contributed by atoms with Gasteiger partial charge in [-0.05, 0) is 44.1 Å². The molecule has 1 aromatic carbocycles. The molecule has 3 rings (SSSR count). The number of allylic oxidation sites excluding steroid dienone is 1. The topological polar surface area (TPSA) is 50.8 Å². The number of hydrogen-bond donors (Lipinski definition) is 1. The highest BCUT2D eigenvalue weighted by atomic mass is 32.1. The number of carbonyl (C=O) groups excluding carboxylic acids is 1. The van der Waals surface area contributed by atoms with Gasteiger partial charge in [0.25, 0.3) is 0 Å². The second-order valence-corrected chi connectivity index (χ2v) is 6.63. The van der Waals surface area contributed by atoms with Gasteiger partial charge in [0, 0.05) is 18.8 Å². The molecule has 0 amide bonds. The summed E-state index contributed by atoms with van der Waals surface area (Å²) >= 11 is 5.39. The van der Waals surface area contributed by atoms with Crippen molar-refractivity contribution in [2.75, 3.05) is 20.3 Å². The summed E-state index contributed by atoms with van der Waals surface area (Å²) in [5.74, 6) is -2.15. The van der Waals surface area contributed by atoms with Crippen molar-refractivity contribution in [2.24, 2.45) is 0 Å². The number of benzene rings is 1. The highest BCUT2D eigenvalue weighted by molar-refractivity contribution is 7.80. The Balaban J connectivity index is 2.03. The zero-order chi connectivity index (χ0) is 18.8. The summed E-state index contributed by atoms with van der Waals surface area (Å²) in [5.41, 5.74) is 0.472. The van der Waals surface area contributed by atoms with E-state index in [2.05, 4.69) is 5.32 Å². The Hall–Kier alpha value is -2.06. The molecular weight excluding hydrogens is 362 g/mol. The van der Waals surface area contributed by atoms with Crippen LogP contribution in [-0.4, -0.2) is 42.3 Å². The van der Waals surface area contributed by atoms with Crippen LogP contribution in [0.5, 0.6) is 0 Å². The second kappa shape index (κ2) is 7.67. The monoisotopic (exact) mass is 382 g/mol. The highest BCUT2D eigenvalue weighted by Crippen LogP contribution is 2.39. The quantitative estimate of drug-likeness (QED) is 0.464. The number of nitrogens with one attached hydrogen (secondary N) is 1. The average Bonchev–Trinajstić information content (AvgIpc) is 3.39. The van der Waals surface area contributed by atoms with Crippen LogP contribution in [0.3, 0.4) is 0 Å². The van der Waals surface area contributed by atoms with E-state index in [1.165, 1.54) is 13.2 Å². The average molecular weight is 382 g/mol. The summed E-state index contributed by atoms with van der Waals surface area (Å²) in [5, 5.41) is 3.28. The van der Waals surface area contributed by atoms with E-state index in [1.54, 1.807) is 6.92 Å². The summed E-state index contributed by atoms with van der Waals surface area (Å²) < 4.78 is 38.9. The molecule has 0 spiro atoms. The molecule has 26 heavy (non-hydrogen) atoms. The van der Waals surface area contributed by atoms with Crippen LogP contribution in [0.25, 0.3) is 0 Å². The number of methoxy groups -OCH3 is 1. The fourth-order valence-corrected chi connectivity index (χ4v) is 3.50. The molecule has 1 aliphatic carbocycles. The fourth-order valence-electron chi connectivity index (χ4n) is 3.09. The first-order chi connectivity index (χ1) is 12.5. The zero-order valence-corrected chi connectivity index (χ0v) is 15.4. The van der Waals surface area contributed by atoms with Crippen LogP contribution in [0.15, 0.2) is 29.5 Å². The van der Waals surface area contributed by atoms with E-state index >= 15 is 0 Å². The molecule has 2 aliphatic rings. The first-order valence-corrected chi connectivity index (χ1v) is 8.77. The summed E-state index contributed by atoms with van der Waals surface area (Å²) in [6.45, 7) is 2.01. The maximum Gasteiger partial charge on any atom is 0.338 e. The van der Waals surface area contributed by atoms with Gasteiger partial charge in [0.1, 0.15) is 18.2 Å². The largest absolute Gasteiger partial charge is 0.460 e. The molecule has 1 heterocycles. The molecule has 8 heteroatoms. The van der Waals surface area contributed by atoms with Crippen LogP contribution in [0.4, 0.5) is 8.78 Å². The van der Waals surface area contributed by atoms with Gasteiger partial charge in [0.15, 0.2) is 5.11 Å². The van der Waals surface area contributed by atoms with Gasteiger partial charge in [0.2, 0.25) is 0 Å². The molecular formula is C18H20F2N2O3S. The van der Waals surface area contributed by atoms with Crippen molar-refractivity contribution in [3.63, 3.8) is 0 Å². The third-order valence-electron chi connectivity index (χ3n) is 4.47. The Bertz CT molecular complexity index is 745. The maximum atomic E-state index is 14.4. The second-order valence-electron chi connectivity index (χ2n) is 6.25. The minimum atomic E-state index is -1.05. The van der Waals surface area contributed by atoms with Crippen LogP contribution in [-0.2, 0) is 14.3 Å². The summed E-state index contributed by atoms with van der Waals surface area (Å²) in [7, 11) is 1.49. The van der Waals surface area contributed by atoms with Gasteiger partial charge in [-0.15, -0.1) is 0 Å². The molecule has 0 aromatic heterocycles. The third-order valence-corrected chi connectivity index (χ3v) is 4.78. The zero-order valence-electron chi connectivity index (χ0n) is 14.6. The molecule has 0 radical (unpaired) electrons. The number of nitrogens with zero attached hydrogens (tertiary/aromatic N) is 1. The molecule has 5 nitrogen and oxygen atoms in total. The van der Waals surface area contributed by atoms with Gasteiger partial charge in [-0.2, -0.15) is 0 Å². The van der Waals surface area contributed by atoms with Crippen LogP contribution in [0, 0.1) is 11.6 Å². The molecule has 1 saturated carbocycles. The van der Waals surface area contributed by atoms with E-state index in [0.717, 1.165) is 25.0 Å². The Labute approximate surface area is 155 Å². The minimum absolute atomic E-state index is 0.0481. The van der Waals surface area contributed by atoms with E-state index in [-0.39, 0.29) is 30.4 Å². The van der Waals surface area contributed by atoms with E-state index in [4.69, 9.17) is 21.7 Å². The molecule has 1 fully saturated rings. The Morgan fingerprint density at radius 1 is 1.31 bits per heavy atom. The van der Waals surface area contributed by atoms with E-state index in [0.29, 0.717) is 10.8 Å². The number of carbonyl (C=O) groups is 1. The third kappa shape index (κ3) is 3.57. The van der Waals surface area contributed by atoms with Crippen LogP contribution in [0.1, 0.15) is 31.4 Å². The van der Waals surface area contributed by atoms with Crippen molar-refractivity contribution >= 4 is 23.3 Å². The van der Waals surface area contributed by atoms with Gasteiger partial charge in [0.05, 0.1) is 23.8 Å². The van der Waals surface area contributed by atoms with Crippen molar-refractivity contribution in [1.82, 2.24) is 10.2 Å². The standard InChI is InChI=1S/C18H20F2N2O3S/c1-10-14(17(23)25-9-8-24-2)16(15-12(19)4-3-5-13(15)20)21-18(26)22(10)11-6-7-11/h3-5,11,16H,6-9H2,1-2H3,(H,21,26). The molecule has 140 valence electrons. The van der Waals surface area contributed by atoms with Crippen molar-refractivity contribution in [3.8, 4) is 0 Å². The fraction of sp³-hybridized carbons (Fsp3) is 0.444. The lowest BCUT2D eigenvalue weighted by Crippen LogP contribution is -2.49. The summed E-state index contributed by atoms with van der Waals surface area (Å²) in [4.78, 5) is 14.5. The molecule has 1 aromatic rings. The summed E-state index contributed by atoms with van der Waals surface area (Å²) in [6.07, 6.45) is 1.90. The molecule has 0 saturated heterocycles. The number of halogens is 2. The number of ether oxygens (including phenoxy) is 2. The minimum Gasteiger partial charge on any atom is -0.460 e. The highest BCUT2D eigenvalue weighted by Gasteiger charge is 2.42. The van der Waals surface area contributed by atoms with E-state index in [9.17, 15) is 13.6 Å². The van der Waals surface area contributed by atoms with Crippen LogP contribution >= 0.6 is 12.2 Å². The SMILES string of the molecule is COCCOC(=O)C1=C(C)N(C2CC2)C(=S)NC1c1c(F)cccc1F. The number of thiocarbonyl (C=S) groups is 1. The van der Waals surface area contributed by atoms with Crippen molar-refractivity contribution in [3.05, 3.63) is 46.7 Å². The Morgan fingerprint density at radius 3 is 2.54 bits per heavy atom.